The molecule has 3 amide bonds. The van der Waals surface area contributed by atoms with E-state index in [-0.39, 0.29) is 23.9 Å². The summed E-state index contributed by atoms with van der Waals surface area (Å²) in [6.07, 6.45) is 11.3. The standard InChI is InChI=1S/C42H48ClN11O3/c1-45-35-21-38(49-54-37(40(44)56)24-47-41(35)54)53-14-11-32-30(3-2-4-36(32)53)27-19-29(23-46-22-27)52-17-15-50(16-18-52)25-26-9-12-51(13-10-26)28-5-6-31(34(43)20-28)33-7-8-39(55)48-42(33)57/h2-6,19-24,26,33,38,45,49H,7-18,25H2,1H3,(H2,44,56)(H,48,55,57). The van der Waals surface area contributed by atoms with E-state index in [0.717, 1.165) is 106 Å². The Bertz CT molecular complexity index is 2240. The summed E-state index contributed by atoms with van der Waals surface area (Å²) in [7, 11) is 1.85. The summed E-state index contributed by atoms with van der Waals surface area (Å²) in [6.45, 7) is 7.83. The SMILES string of the molecule is CNC1=CC(N2CCc3c(-c4cncc(N5CCN(CC6CCN(c7ccc(C8CCC(=O)NC8=O)c(Cl)c7)CC6)CC5)c4)cccc32)Nn2c(C(N)=O)cnc21. The largest absolute Gasteiger partial charge is 0.385 e. The molecular weight excluding hydrogens is 742 g/mol. The molecule has 14 nitrogen and oxygen atoms in total. The minimum absolute atomic E-state index is 0.206. The van der Waals surface area contributed by atoms with Gasteiger partial charge in [-0.15, -0.1) is 0 Å². The van der Waals surface area contributed by atoms with Crippen LogP contribution in [0.25, 0.3) is 16.8 Å². The van der Waals surface area contributed by atoms with Crippen LogP contribution < -0.4 is 36.5 Å². The zero-order chi connectivity index (χ0) is 39.2. The number of nitrogens with two attached hydrogens (primary N) is 1. The van der Waals surface area contributed by atoms with Crippen molar-refractivity contribution >= 4 is 52.1 Å². The summed E-state index contributed by atoms with van der Waals surface area (Å²) in [5, 5.41) is 6.26. The number of hydrogen-bond donors (Lipinski definition) is 4. The van der Waals surface area contributed by atoms with Crippen LogP contribution in [-0.4, -0.2) is 103 Å². The molecule has 296 valence electrons. The van der Waals surface area contributed by atoms with Gasteiger partial charge in [-0.2, -0.15) is 0 Å². The van der Waals surface area contributed by atoms with E-state index >= 15 is 0 Å². The molecule has 5 aliphatic rings. The molecule has 9 rings (SSSR count). The fraction of sp³-hybridized carbons (Fsp3) is 0.405. The normalized spacial score (nSPS) is 21.4. The van der Waals surface area contributed by atoms with Gasteiger partial charge in [0, 0.05) is 94.0 Å². The molecule has 2 atom stereocenters. The van der Waals surface area contributed by atoms with Gasteiger partial charge in [0.1, 0.15) is 11.9 Å². The molecule has 3 saturated heterocycles. The number of aromatic nitrogens is 3. The van der Waals surface area contributed by atoms with Crippen molar-refractivity contribution in [2.24, 2.45) is 11.7 Å². The van der Waals surface area contributed by atoms with E-state index < -0.39 is 5.91 Å². The van der Waals surface area contributed by atoms with Crippen LogP contribution in [0.15, 0.2) is 67.1 Å². The van der Waals surface area contributed by atoms with E-state index in [9.17, 15) is 14.4 Å². The number of imide groups is 1. The molecule has 2 aromatic heterocycles. The van der Waals surface area contributed by atoms with Crippen molar-refractivity contribution in [3.05, 3.63) is 94.8 Å². The number of piperidine rings is 2. The molecule has 5 N–H and O–H groups in total. The number of anilines is 3. The third-order valence-corrected chi connectivity index (χ3v) is 12.7. The molecule has 0 spiro atoms. The van der Waals surface area contributed by atoms with Crippen molar-refractivity contribution in [2.45, 2.75) is 44.2 Å². The highest BCUT2D eigenvalue weighted by Gasteiger charge is 2.33. The quantitative estimate of drug-likeness (QED) is 0.183. The zero-order valence-electron chi connectivity index (χ0n) is 32.1. The topological polar surface area (TPSA) is 157 Å². The highest BCUT2D eigenvalue weighted by atomic mass is 35.5. The van der Waals surface area contributed by atoms with Crippen LogP contribution in [0.3, 0.4) is 0 Å². The van der Waals surface area contributed by atoms with Gasteiger partial charge in [-0.25, -0.2) is 9.66 Å². The number of benzene rings is 2. The Kier molecular flexibility index (Phi) is 9.99. The molecule has 0 bridgehead atoms. The number of hydrogen-bond acceptors (Lipinski definition) is 11. The van der Waals surface area contributed by atoms with Gasteiger partial charge in [-0.05, 0) is 78.6 Å². The molecule has 2 aromatic carbocycles. The molecule has 3 fully saturated rings. The Morgan fingerprint density at radius 2 is 1.74 bits per heavy atom. The Hall–Kier alpha value is -5.60. The summed E-state index contributed by atoms with van der Waals surface area (Å²) in [5.74, 6) is -0.116. The van der Waals surface area contributed by atoms with Crippen LogP contribution in [0.2, 0.25) is 5.02 Å². The Labute approximate surface area is 337 Å². The van der Waals surface area contributed by atoms with Crippen molar-refractivity contribution in [3.63, 3.8) is 0 Å². The number of amides is 3. The van der Waals surface area contributed by atoms with Crippen molar-refractivity contribution in [1.82, 2.24) is 30.2 Å². The molecule has 0 saturated carbocycles. The van der Waals surface area contributed by atoms with Crippen LogP contribution in [0, 0.1) is 5.92 Å². The van der Waals surface area contributed by atoms with Crippen LogP contribution in [0.1, 0.15) is 59.0 Å². The van der Waals surface area contributed by atoms with E-state index in [2.05, 4.69) is 77.1 Å². The first kappa shape index (κ1) is 37.0. The van der Waals surface area contributed by atoms with E-state index in [0.29, 0.717) is 35.3 Å². The van der Waals surface area contributed by atoms with Gasteiger partial charge in [0.25, 0.3) is 5.91 Å². The fourth-order valence-corrected chi connectivity index (χ4v) is 9.59. The molecule has 4 aromatic rings. The van der Waals surface area contributed by atoms with Crippen molar-refractivity contribution in [1.29, 1.82) is 0 Å². The lowest BCUT2D eigenvalue weighted by molar-refractivity contribution is -0.134. The van der Waals surface area contributed by atoms with Crippen LogP contribution in [-0.2, 0) is 16.0 Å². The predicted molar refractivity (Wildman–Crippen MR) is 222 cm³/mol. The van der Waals surface area contributed by atoms with Crippen LogP contribution >= 0.6 is 11.6 Å². The first-order valence-electron chi connectivity index (χ1n) is 20.0. The number of halogens is 1. The second-order valence-electron chi connectivity index (χ2n) is 15.7. The zero-order valence-corrected chi connectivity index (χ0v) is 32.8. The number of pyridine rings is 1. The molecule has 0 radical (unpaired) electrons. The van der Waals surface area contributed by atoms with Gasteiger partial charge in [-0.1, -0.05) is 29.8 Å². The molecule has 57 heavy (non-hydrogen) atoms. The second-order valence-corrected chi connectivity index (χ2v) is 16.1. The lowest BCUT2D eigenvalue weighted by atomic mass is 9.90. The maximum absolute atomic E-state index is 12.4. The van der Waals surface area contributed by atoms with E-state index in [1.165, 1.54) is 17.3 Å². The summed E-state index contributed by atoms with van der Waals surface area (Å²) in [4.78, 5) is 55.1. The lowest BCUT2D eigenvalue weighted by Crippen LogP contribution is -2.49. The Morgan fingerprint density at radius 3 is 2.49 bits per heavy atom. The third kappa shape index (κ3) is 7.16. The number of primary amides is 1. The van der Waals surface area contributed by atoms with E-state index in [1.807, 2.05) is 31.6 Å². The summed E-state index contributed by atoms with van der Waals surface area (Å²) < 4.78 is 1.68. The van der Waals surface area contributed by atoms with Crippen molar-refractivity contribution in [2.75, 3.05) is 79.5 Å². The highest BCUT2D eigenvalue weighted by Crippen LogP contribution is 2.39. The summed E-state index contributed by atoms with van der Waals surface area (Å²) >= 11 is 6.69. The molecule has 5 aliphatic heterocycles. The molecule has 7 heterocycles. The maximum atomic E-state index is 12.4. The van der Waals surface area contributed by atoms with E-state index in [1.54, 1.807) is 4.68 Å². The number of nitrogens with one attached hydrogen (secondary N) is 3. The number of rotatable bonds is 9. The molecule has 15 heteroatoms. The Balaban J connectivity index is 0.800. The molecular formula is C42H48ClN11O3. The summed E-state index contributed by atoms with van der Waals surface area (Å²) in [6, 6.07) is 14.8. The van der Waals surface area contributed by atoms with Crippen molar-refractivity contribution < 1.29 is 14.4 Å². The number of carbonyl (C=O) groups is 3. The number of nitrogens with zero attached hydrogens (tertiary/aromatic N) is 7. The third-order valence-electron chi connectivity index (χ3n) is 12.4. The Morgan fingerprint density at radius 1 is 0.930 bits per heavy atom. The van der Waals surface area contributed by atoms with Crippen LogP contribution in [0.5, 0.6) is 0 Å². The molecule has 2 unspecified atom stereocenters. The minimum atomic E-state index is -0.534. The maximum Gasteiger partial charge on any atom is 0.268 e. The highest BCUT2D eigenvalue weighted by molar-refractivity contribution is 6.32. The number of imidazole rings is 1. The van der Waals surface area contributed by atoms with Gasteiger partial charge in [0.05, 0.1) is 29.7 Å². The molecule has 0 aliphatic carbocycles. The van der Waals surface area contributed by atoms with Gasteiger partial charge in [0.2, 0.25) is 11.8 Å². The smallest absolute Gasteiger partial charge is 0.268 e. The van der Waals surface area contributed by atoms with Crippen molar-refractivity contribution in [3.8, 4) is 11.1 Å². The van der Waals surface area contributed by atoms with E-state index in [4.69, 9.17) is 22.3 Å². The fourth-order valence-electron chi connectivity index (χ4n) is 9.28. The van der Waals surface area contributed by atoms with Gasteiger partial charge in [0.15, 0.2) is 5.82 Å². The van der Waals surface area contributed by atoms with Crippen LogP contribution in [0.4, 0.5) is 17.1 Å². The second kappa shape index (κ2) is 15.4. The average molecular weight is 790 g/mol. The van der Waals surface area contributed by atoms with Gasteiger partial charge >= 0.3 is 0 Å². The summed E-state index contributed by atoms with van der Waals surface area (Å²) in [5.41, 5.74) is 18.0. The number of piperazine rings is 1. The van der Waals surface area contributed by atoms with Gasteiger partial charge in [-0.3, -0.25) is 35.0 Å². The first-order valence-corrected chi connectivity index (χ1v) is 20.3. The average Bonchev–Trinajstić information content (AvgIpc) is 3.87. The first-order chi connectivity index (χ1) is 27.7. The number of carbonyl (C=O) groups excluding carboxylic acids is 3. The lowest BCUT2D eigenvalue weighted by Gasteiger charge is -2.40. The monoisotopic (exact) mass is 789 g/mol. The van der Waals surface area contributed by atoms with Gasteiger partial charge < -0.3 is 25.8 Å². The minimum Gasteiger partial charge on any atom is -0.385 e. The number of fused-ring (bicyclic) bond motifs is 2. The predicted octanol–water partition coefficient (Wildman–Crippen LogP) is 3.76.